The van der Waals surface area contributed by atoms with Gasteiger partial charge in [-0.25, -0.2) is 8.42 Å². The number of hydrogen-bond acceptors (Lipinski definition) is 4. The Morgan fingerprint density at radius 2 is 1.81 bits per heavy atom. The number of para-hydroxylation sites is 1. The van der Waals surface area contributed by atoms with E-state index >= 15 is 0 Å². The number of carbonyl (C=O) groups excluding carboxylic acids is 1. The minimum absolute atomic E-state index is 0.0175. The molecule has 0 spiro atoms. The van der Waals surface area contributed by atoms with Crippen molar-refractivity contribution in [3.8, 4) is 5.75 Å². The van der Waals surface area contributed by atoms with Gasteiger partial charge in [0.25, 0.3) is 5.91 Å². The van der Waals surface area contributed by atoms with Gasteiger partial charge in [0.05, 0.1) is 17.0 Å². The second kappa shape index (κ2) is 7.50. The number of carbonyl (C=O) groups is 1. The summed E-state index contributed by atoms with van der Waals surface area (Å²) in [6.45, 7) is 1.63. The molecule has 3 rings (SSSR count). The molecule has 0 aromatic heterocycles. The van der Waals surface area contributed by atoms with Crippen LogP contribution in [0.1, 0.15) is 24.5 Å². The van der Waals surface area contributed by atoms with Crippen molar-refractivity contribution >= 4 is 15.7 Å². The van der Waals surface area contributed by atoms with E-state index in [-0.39, 0.29) is 24.0 Å². The SMILES string of the molecule is C[C@]1(NC(=O)COc2ccccc2Cc2ccccc2)CCS(=O)(=O)C1. The minimum Gasteiger partial charge on any atom is -0.483 e. The molecule has 1 saturated heterocycles. The molecule has 6 heteroatoms. The van der Waals surface area contributed by atoms with Crippen LogP contribution in [-0.2, 0) is 21.1 Å². The highest BCUT2D eigenvalue weighted by Gasteiger charge is 2.39. The largest absolute Gasteiger partial charge is 0.483 e. The molecule has 0 unspecified atom stereocenters. The lowest BCUT2D eigenvalue weighted by atomic mass is 10.0. The molecule has 2 aromatic carbocycles. The van der Waals surface area contributed by atoms with Crippen molar-refractivity contribution in [1.29, 1.82) is 0 Å². The highest BCUT2D eigenvalue weighted by Crippen LogP contribution is 2.24. The summed E-state index contributed by atoms with van der Waals surface area (Å²) < 4.78 is 29.0. The summed E-state index contributed by atoms with van der Waals surface area (Å²) in [7, 11) is -3.06. The number of sulfone groups is 1. The van der Waals surface area contributed by atoms with E-state index in [1.807, 2.05) is 54.6 Å². The van der Waals surface area contributed by atoms with Crippen LogP contribution in [-0.4, -0.2) is 38.0 Å². The standard InChI is InChI=1S/C20H23NO4S/c1-20(11-12-26(23,24)15-20)21-19(22)14-25-18-10-6-5-9-17(18)13-16-7-3-2-4-8-16/h2-10H,11-15H2,1H3,(H,21,22)/t20-/m0/s1. The zero-order valence-corrected chi connectivity index (χ0v) is 15.6. The van der Waals surface area contributed by atoms with Crippen LogP contribution in [0.25, 0.3) is 0 Å². The van der Waals surface area contributed by atoms with Gasteiger partial charge in [-0.3, -0.25) is 4.79 Å². The quantitative estimate of drug-likeness (QED) is 0.844. The van der Waals surface area contributed by atoms with Crippen LogP contribution in [0.4, 0.5) is 0 Å². The Balaban J connectivity index is 1.60. The Morgan fingerprint density at radius 1 is 1.12 bits per heavy atom. The highest BCUT2D eigenvalue weighted by molar-refractivity contribution is 7.91. The van der Waals surface area contributed by atoms with E-state index in [1.54, 1.807) is 6.92 Å². The summed E-state index contributed by atoms with van der Waals surface area (Å²) >= 11 is 0. The third-order valence-electron chi connectivity index (χ3n) is 4.51. The zero-order valence-electron chi connectivity index (χ0n) is 14.8. The molecule has 0 radical (unpaired) electrons. The number of rotatable bonds is 6. The van der Waals surface area contributed by atoms with E-state index in [0.29, 0.717) is 18.6 Å². The third kappa shape index (κ3) is 4.85. The van der Waals surface area contributed by atoms with Crippen LogP contribution in [0.2, 0.25) is 0 Å². The van der Waals surface area contributed by atoms with E-state index in [4.69, 9.17) is 4.74 Å². The number of hydrogen-bond donors (Lipinski definition) is 1. The third-order valence-corrected chi connectivity index (χ3v) is 6.42. The predicted octanol–water partition coefficient (Wildman–Crippen LogP) is 2.35. The molecule has 0 bridgehead atoms. The van der Waals surface area contributed by atoms with E-state index in [0.717, 1.165) is 11.1 Å². The first-order valence-electron chi connectivity index (χ1n) is 8.61. The molecule has 1 fully saturated rings. The average molecular weight is 373 g/mol. The second-order valence-electron chi connectivity index (χ2n) is 7.01. The van der Waals surface area contributed by atoms with Crippen molar-refractivity contribution < 1.29 is 17.9 Å². The maximum atomic E-state index is 12.2. The summed E-state index contributed by atoms with van der Waals surface area (Å²) in [4.78, 5) is 12.2. The van der Waals surface area contributed by atoms with Crippen LogP contribution in [0.3, 0.4) is 0 Å². The summed E-state index contributed by atoms with van der Waals surface area (Å²) in [6, 6.07) is 17.7. The fourth-order valence-electron chi connectivity index (χ4n) is 3.23. The highest BCUT2D eigenvalue weighted by atomic mass is 32.2. The summed E-state index contributed by atoms with van der Waals surface area (Å²) in [5.41, 5.74) is 1.46. The van der Waals surface area contributed by atoms with Crippen molar-refractivity contribution in [3.63, 3.8) is 0 Å². The van der Waals surface area contributed by atoms with Gasteiger partial charge in [0.15, 0.2) is 16.4 Å². The molecule has 1 N–H and O–H groups in total. The Bertz CT molecular complexity index is 880. The van der Waals surface area contributed by atoms with Crippen molar-refractivity contribution in [1.82, 2.24) is 5.32 Å². The molecule has 1 aliphatic rings. The van der Waals surface area contributed by atoms with Crippen LogP contribution in [0.5, 0.6) is 5.75 Å². The smallest absolute Gasteiger partial charge is 0.258 e. The van der Waals surface area contributed by atoms with E-state index in [2.05, 4.69) is 5.32 Å². The van der Waals surface area contributed by atoms with Crippen molar-refractivity contribution in [2.45, 2.75) is 25.3 Å². The maximum Gasteiger partial charge on any atom is 0.258 e. The van der Waals surface area contributed by atoms with Crippen LogP contribution in [0.15, 0.2) is 54.6 Å². The molecule has 1 atom stereocenters. The lowest BCUT2D eigenvalue weighted by molar-refractivity contribution is -0.124. The van der Waals surface area contributed by atoms with Crippen LogP contribution >= 0.6 is 0 Å². The lowest BCUT2D eigenvalue weighted by Crippen LogP contribution is -2.48. The Labute approximate surface area is 154 Å². The Hall–Kier alpha value is -2.34. The van der Waals surface area contributed by atoms with Gasteiger partial charge in [-0.15, -0.1) is 0 Å². The van der Waals surface area contributed by atoms with Crippen molar-refractivity contribution in [2.24, 2.45) is 0 Å². The molecular weight excluding hydrogens is 350 g/mol. The first-order chi connectivity index (χ1) is 12.4. The van der Waals surface area contributed by atoms with Gasteiger partial charge in [-0.05, 0) is 30.5 Å². The Kier molecular flexibility index (Phi) is 5.32. The van der Waals surface area contributed by atoms with Crippen molar-refractivity contribution in [3.05, 3.63) is 65.7 Å². The van der Waals surface area contributed by atoms with Gasteiger partial charge in [0, 0.05) is 6.42 Å². The van der Waals surface area contributed by atoms with Gasteiger partial charge in [-0.2, -0.15) is 0 Å². The first-order valence-corrected chi connectivity index (χ1v) is 10.4. The van der Waals surface area contributed by atoms with Gasteiger partial charge < -0.3 is 10.1 Å². The molecule has 0 saturated carbocycles. The minimum atomic E-state index is -3.06. The van der Waals surface area contributed by atoms with Crippen molar-refractivity contribution in [2.75, 3.05) is 18.1 Å². The first kappa shape index (κ1) is 18.5. The Morgan fingerprint density at radius 3 is 2.50 bits per heavy atom. The molecule has 26 heavy (non-hydrogen) atoms. The number of ether oxygens (including phenoxy) is 1. The molecule has 2 aromatic rings. The topological polar surface area (TPSA) is 72.5 Å². The normalized spacial score (nSPS) is 21.3. The van der Waals surface area contributed by atoms with Gasteiger partial charge in [0.2, 0.25) is 0 Å². The fraction of sp³-hybridized carbons (Fsp3) is 0.350. The van der Waals surface area contributed by atoms with Gasteiger partial charge >= 0.3 is 0 Å². The summed E-state index contributed by atoms with van der Waals surface area (Å²) in [5.74, 6) is 0.454. The number of benzene rings is 2. The molecule has 138 valence electrons. The summed E-state index contributed by atoms with van der Waals surface area (Å²) in [5, 5.41) is 2.81. The fourth-order valence-corrected chi connectivity index (χ4v) is 5.32. The van der Waals surface area contributed by atoms with E-state index in [9.17, 15) is 13.2 Å². The second-order valence-corrected chi connectivity index (χ2v) is 9.19. The van der Waals surface area contributed by atoms with E-state index in [1.165, 1.54) is 0 Å². The number of amides is 1. The number of nitrogens with one attached hydrogen (secondary N) is 1. The lowest BCUT2D eigenvalue weighted by Gasteiger charge is -2.24. The van der Waals surface area contributed by atoms with Crippen LogP contribution < -0.4 is 10.1 Å². The summed E-state index contributed by atoms with van der Waals surface area (Å²) in [6.07, 6.45) is 1.15. The molecule has 0 aliphatic carbocycles. The molecule has 1 heterocycles. The average Bonchev–Trinajstić information content (AvgIpc) is 2.88. The zero-order chi connectivity index (χ0) is 18.6. The predicted molar refractivity (Wildman–Crippen MR) is 101 cm³/mol. The van der Waals surface area contributed by atoms with E-state index < -0.39 is 15.4 Å². The monoisotopic (exact) mass is 373 g/mol. The van der Waals surface area contributed by atoms with Gasteiger partial charge in [-0.1, -0.05) is 48.5 Å². The maximum absolute atomic E-state index is 12.2. The molecular formula is C20H23NO4S. The van der Waals surface area contributed by atoms with Gasteiger partial charge in [0.1, 0.15) is 5.75 Å². The molecule has 1 amide bonds. The molecule has 5 nitrogen and oxygen atoms in total. The van der Waals surface area contributed by atoms with Crippen LogP contribution in [0, 0.1) is 0 Å². The molecule has 1 aliphatic heterocycles.